The van der Waals surface area contributed by atoms with Crippen LogP contribution in [0.3, 0.4) is 0 Å². The Hall–Kier alpha value is -3.85. The van der Waals surface area contributed by atoms with Crippen molar-refractivity contribution in [1.82, 2.24) is 30.0 Å². The van der Waals surface area contributed by atoms with Gasteiger partial charge in [0, 0.05) is 36.3 Å². The molecule has 0 unspecified atom stereocenters. The summed E-state index contributed by atoms with van der Waals surface area (Å²) in [5, 5.41) is 11.2. The molecular weight excluding hydrogens is 421 g/mol. The molecule has 4 heterocycles. The van der Waals surface area contributed by atoms with Crippen molar-refractivity contribution in [3.8, 4) is 5.69 Å². The Morgan fingerprint density at radius 2 is 2.00 bits per heavy atom. The highest BCUT2D eigenvalue weighted by Gasteiger charge is 2.33. The lowest BCUT2D eigenvalue weighted by Gasteiger charge is -2.20. The number of fused-ring (bicyclic) bond motifs is 1. The zero-order valence-corrected chi connectivity index (χ0v) is 18.4. The topological polar surface area (TPSA) is 88.0 Å². The van der Waals surface area contributed by atoms with Crippen LogP contribution < -0.4 is 10.6 Å². The molecule has 3 aromatic heterocycles. The van der Waals surface area contributed by atoms with Crippen molar-refractivity contribution in [2.45, 2.75) is 18.9 Å². The van der Waals surface area contributed by atoms with E-state index in [9.17, 15) is 9.18 Å². The van der Waals surface area contributed by atoms with Gasteiger partial charge in [0.25, 0.3) is 0 Å². The van der Waals surface area contributed by atoms with Gasteiger partial charge < -0.3 is 10.2 Å². The third-order valence-electron chi connectivity index (χ3n) is 5.92. The fourth-order valence-corrected chi connectivity index (χ4v) is 4.41. The molecule has 1 fully saturated rings. The number of pyridine rings is 2. The molecule has 0 spiro atoms. The number of rotatable bonds is 4. The Kier molecular flexibility index (Phi) is 5.47. The van der Waals surface area contributed by atoms with Crippen LogP contribution in [0.1, 0.15) is 17.2 Å². The fraction of sp³-hybridized carbons (Fsp3) is 0.250. The van der Waals surface area contributed by atoms with Gasteiger partial charge in [-0.2, -0.15) is 5.10 Å². The number of carbonyl (C=O) groups excluding carboxylic acids is 1. The molecule has 2 atom stereocenters. The number of nitrogens with zero attached hydrogens (tertiary/aromatic N) is 5. The van der Waals surface area contributed by atoms with Gasteiger partial charge in [-0.1, -0.05) is 12.1 Å². The first-order valence-electron chi connectivity index (χ1n) is 10.7. The average molecular weight is 446 g/mol. The summed E-state index contributed by atoms with van der Waals surface area (Å²) in [6, 6.07) is 11.7. The summed E-state index contributed by atoms with van der Waals surface area (Å²) in [4.78, 5) is 23.5. The second-order valence-electron chi connectivity index (χ2n) is 8.43. The van der Waals surface area contributed by atoms with E-state index in [2.05, 4.69) is 30.6 Å². The number of aromatic nitrogens is 4. The predicted molar refractivity (Wildman–Crippen MR) is 124 cm³/mol. The van der Waals surface area contributed by atoms with E-state index in [1.54, 1.807) is 35.4 Å². The number of hydrogen-bond acceptors (Lipinski definition) is 5. The normalized spacial score (nSPS) is 18.5. The van der Waals surface area contributed by atoms with Gasteiger partial charge in [-0.3, -0.25) is 10.3 Å². The summed E-state index contributed by atoms with van der Waals surface area (Å²) in [5.41, 5.74) is 3.50. The molecule has 33 heavy (non-hydrogen) atoms. The second-order valence-corrected chi connectivity index (χ2v) is 8.43. The number of likely N-dealkylation sites (tertiary alicyclic amines) is 1. The number of anilines is 1. The largest absolute Gasteiger partial charge is 0.333 e. The summed E-state index contributed by atoms with van der Waals surface area (Å²) >= 11 is 0. The number of halogens is 1. The van der Waals surface area contributed by atoms with Gasteiger partial charge in [0.05, 0.1) is 29.6 Å². The van der Waals surface area contributed by atoms with Gasteiger partial charge in [-0.15, -0.1) is 0 Å². The van der Waals surface area contributed by atoms with Gasteiger partial charge in [-0.25, -0.2) is 18.9 Å². The summed E-state index contributed by atoms with van der Waals surface area (Å²) in [5.74, 6) is 0.165. The van der Waals surface area contributed by atoms with Crippen LogP contribution in [-0.4, -0.2) is 56.9 Å². The lowest BCUT2D eigenvalue weighted by Crippen LogP contribution is -2.42. The minimum absolute atomic E-state index is 0.00828. The van der Waals surface area contributed by atoms with Crippen molar-refractivity contribution in [3.63, 3.8) is 0 Å². The number of urea groups is 1. The number of benzene rings is 1. The minimum Gasteiger partial charge on any atom is -0.333 e. The molecule has 9 heteroatoms. The molecule has 168 valence electrons. The number of nitrogens with one attached hydrogen (secondary N) is 2. The molecule has 0 aliphatic carbocycles. The van der Waals surface area contributed by atoms with Gasteiger partial charge in [-0.05, 0) is 49.9 Å². The molecule has 8 nitrogen and oxygen atoms in total. The van der Waals surface area contributed by atoms with Crippen molar-refractivity contribution < 1.29 is 9.18 Å². The lowest BCUT2D eigenvalue weighted by molar-refractivity contribution is 0.247. The van der Waals surface area contributed by atoms with Crippen molar-refractivity contribution in [2.75, 3.05) is 25.5 Å². The standard InChI is InChI=1S/C24H24FN7O/c1-15-8-19(6-7-26-15)32-22-12-27-23(10-17(22)11-28-32)30-24(33)29-21-14-31(2)13-20(21)16-4-3-5-18(25)9-16/h3-12,20-21H,13-14H2,1-2H3,(H2,27,29,30,33)/t20-,21+/m1/s1. The number of amides is 2. The molecule has 4 aromatic rings. The highest BCUT2D eigenvalue weighted by Crippen LogP contribution is 2.27. The predicted octanol–water partition coefficient (Wildman–Crippen LogP) is 3.48. The van der Waals surface area contributed by atoms with Crippen LogP contribution in [0.25, 0.3) is 16.6 Å². The number of aryl methyl sites for hydroxylation is 1. The maximum atomic E-state index is 13.7. The quantitative estimate of drug-likeness (QED) is 0.502. The molecular formula is C24H24FN7O. The Bertz CT molecular complexity index is 1320. The molecule has 0 radical (unpaired) electrons. The minimum atomic E-state index is -0.347. The van der Waals surface area contributed by atoms with E-state index in [4.69, 9.17) is 0 Å². The molecule has 1 aliphatic rings. The van der Waals surface area contributed by atoms with Crippen LogP contribution in [0.2, 0.25) is 0 Å². The summed E-state index contributed by atoms with van der Waals surface area (Å²) < 4.78 is 15.5. The zero-order chi connectivity index (χ0) is 22.9. The molecule has 0 bridgehead atoms. The first-order chi connectivity index (χ1) is 16.0. The zero-order valence-electron chi connectivity index (χ0n) is 18.4. The third-order valence-corrected chi connectivity index (χ3v) is 5.92. The molecule has 2 amide bonds. The van der Waals surface area contributed by atoms with E-state index in [1.165, 1.54) is 12.1 Å². The molecule has 1 aromatic carbocycles. The lowest BCUT2D eigenvalue weighted by atomic mass is 9.94. The van der Waals surface area contributed by atoms with Crippen LogP contribution in [0.5, 0.6) is 0 Å². The molecule has 5 rings (SSSR count). The maximum Gasteiger partial charge on any atom is 0.320 e. The fourth-order valence-electron chi connectivity index (χ4n) is 4.41. The van der Waals surface area contributed by atoms with Crippen molar-refractivity contribution >= 4 is 22.8 Å². The number of hydrogen-bond donors (Lipinski definition) is 2. The van der Waals surface area contributed by atoms with E-state index >= 15 is 0 Å². The molecule has 0 saturated carbocycles. The van der Waals surface area contributed by atoms with Crippen LogP contribution >= 0.6 is 0 Å². The third kappa shape index (κ3) is 4.40. The monoisotopic (exact) mass is 445 g/mol. The smallest absolute Gasteiger partial charge is 0.320 e. The van der Waals surface area contributed by atoms with E-state index in [1.807, 2.05) is 32.2 Å². The summed E-state index contributed by atoms with van der Waals surface area (Å²) in [6.45, 7) is 3.35. The Labute approximate surface area is 190 Å². The summed E-state index contributed by atoms with van der Waals surface area (Å²) in [7, 11) is 1.99. The maximum absolute atomic E-state index is 13.7. The van der Waals surface area contributed by atoms with Gasteiger partial charge in [0.15, 0.2) is 0 Å². The van der Waals surface area contributed by atoms with Crippen molar-refractivity contribution in [1.29, 1.82) is 0 Å². The molecule has 2 N–H and O–H groups in total. The van der Waals surface area contributed by atoms with Crippen LogP contribution in [0, 0.1) is 12.7 Å². The second kappa shape index (κ2) is 8.59. The van der Waals surface area contributed by atoms with E-state index in [0.29, 0.717) is 12.4 Å². The van der Waals surface area contributed by atoms with Crippen molar-refractivity contribution in [3.05, 3.63) is 78.1 Å². The Balaban J connectivity index is 1.31. The van der Waals surface area contributed by atoms with Crippen molar-refractivity contribution in [2.24, 2.45) is 0 Å². The van der Waals surface area contributed by atoms with Crippen LogP contribution in [0.15, 0.2) is 61.1 Å². The first-order valence-corrected chi connectivity index (χ1v) is 10.7. The first kappa shape index (κ1) is 21.0. The van der Waals surface area contributed by atoms with E-state index in [0.717, 1.165) is 34.4 Å². The van der Waals surface area contributed by atoms with Gasteiger partial charge in [0.2, 0.25) is 0 Å². The van der Waals surface area contributed by atoms with E-state index < -0.39 is 0 Å². The van der Waals surface area contributed by atoms with Gasteiger partial charge in [0.1, 0.15) is 11.6 Å². The van der Waals surface area contributed by atoms with Crippen LogP contribution in [-0.2, 0) is 0 Å². The number of carbonyl (C=O) groups is 1. The highest BCUT2D eigenvalue weighted by molar-refractivity contribution is 5.91. The average Bonchev–Trinajstić information content (AvgIpc) is 3.36. The number of likely N-dealkylation sites (N-methyl/N-ethyl adjacent to an activating group) is 1. The van der Waals surface area contributed by atoms with Crippen LogP contribution in [0.4, 0.5) is 15.0 Å². The molecule has 1 saturated heterocycles. The summed E-state index contributed by atoms with van der Waals surface area (Å²) in [6.07, 6.45) is 5.16. The Morgan fingerprint density at radius 3 is 2.82 bits per heavy atom. The Morgan fingerprint density at radius 1 is 1.12 bits per heavy atom. The SMILES string of the molecule is Cc1cc(-n2ncc3cc(NC(=O)N[C@H]4CN(C)C[C@@H]4c4cccc(F)c4)ncc32)ccn1. The van der Waals surface area contributed by atoms with Gasteiger partial charge >= 0.3 is 6.03 Å². The highest BCUT2D eigenvalue weighted by atomic mass is 19.1. The molecule has 1 aliphatic heterocycles. The van der Waals surface area contributed by atoms with E-state index in [-0.39, 0.29) is 23.8 Å².